The van der Waals surface area contributed by atoms with E-state index in [2.05, 4.69) is 25.5 Å². The summed E-state index contributed by atoms with van der Waals surface area (Å²) in [5, 5.41) is 5.54. The van der Waals surface area contributed by atoms with E-state index in [1.807, 2.05) is 0 Å². The van der Waals surface area contributed by atoms with Crippen LogP contribution in [0.3, 0.4) is 0 Å². The highest BCUT2D eigenvalue weighted by atomic mass is 19.3. The van der Waals surface area contributed by atoms with Crippen LogP contribution in [0.15, 0.2) is 24.7 Å². The molecule has 1 amide bonds. The number of aryl methyl sites for hydroxylation is 1. The molecule has 3 aromatic rings. The number of aromatic nitrogens is 4. The van der Waals surface area contributed by atoms with Crippen molar-refractivity contribution in [2.24, 2.45) is 5.92 Å². The number of nitrogens with zero attached hydrogens (tertiary/aromatic N) is 5. The summed E-state index contributed by atoms with van der Waals surface area (Å²) < 4.78 is 40.8. The summed E-state index contributed by atoms with van der Waals surface area (Å²) in [6.45, 7) is 3.48. The fraction of sp³-hybridized carbons (Fsp3) is 0.500. The van der Waals surface area contributed by atoms with E-state index in [4.69, 9.17) is 4.98 Å². The van der Waals surface area contributed by atoms with Crippen molar-refractivity contribution in [3.8, 4) is 0 Å². The topological polar surface area (TPSA) is 87.5 Å². The van der Waals surface area contributed by atoms with Crippen molar-refractivity contribution in [2.75, 3.05) is 36.4 Å². The molecule has 35 heavy (non-hydrogen) atoms. The van der Waals surface area contributed by atoms with Crippen molar-refractivity contribution >= 4 is 23.1 Å². The van der Waals surface area contributed by atoms with Crippen LogP contribution >= 0.6 is 0 Å². The number of anilines is 2. The molecule has 2 N–H and O–H groups in total. The number of hydrogen-bond acceptors (Lipinski definition) is 6. The largest absolute Gasteiger partial charge is 0.355 e. The van der Waals surface area contributed by atoms with Crippen LogP contribution in [0.25, 0.3) is 5.65 Å². The summed E-state index contributed by atoms with van der Waals surface area (Å²) >= 11 is 0. The lowest BCUT2D eigenvalue weighted by atomic mass is 9.82. The Morgan fingerprint density at radius 3 is 2.80 bits per heavy atom. The fourth-order valence-electron chi connectivity index (χ4n) is 4.74. The van der Waals surface area contributed by atoms with Gasteiger partial charge >= 0.3 is 0 Å². The molecular formula is C24H28F3N7O. The number of fused-ring (bicyclic) bond motifs is 1. The van der Waals surface area contributed by atoms with Crippen LogP contribution in [0.5, 0.6) is 0 Å². The van der Waals surface area contributed by atoms with E-state index in [9.17, 15) is 18.0 Å². The van der Waals surface area contributed by atoms with Gasteiger partial charge in [-0.25, -0.2) is 28.1 Å². The van der Waals surface area contributed by atoms with Crippen LogP contribution in [0.1, 0.15) is 53.5 Å². The van der Waals surface area contributed by atoms with Crippen molar-refractivity contribution in [1.82, 2.24) is 24.7 Å². The van der Waals surface area contributed by atoms with Crippen LogP contribution in [0.4, 0.5) is 24.7 Å². The van der Waals surface area contributed by atoms with Gasteiger partial charge in [-0.1, -0.05) is 6.42 Å². The number of amides is 1. The molecule has 0 unspecified atom stereocenters. The molecule has 1 saturated heterocycles. The quantitative estimate of drug-likeness (QED) is 0.503. The number of carbonyl (C=O) groups is 1. The first-order valence-electron chi connectivity index (χ1n) is 11.9. The summed E-state index contributed by atoms with van der Waals surface area (Å²) in [6.07, 6.45) is 6.35. The Kier molecular flexibility index (Phi) is 6.59. The Bertz CT molecular complexity index is 1230. The van der Waals surface area contributed by atoms with E-state index in [-0.39, 0.29) is 29.7 Å². The Balaban J connectivity index is 1.32. The molecule has 186 valence electrons. The Morgan fingerprint density at radius 1 is 1.23 bits per heavy atom. The number of hydrogen-bond donors (Lipinski definition) is 2. The molecule has 1 aliphatic heterocycles. The minimum Gasteiger partial charge on any atom is -0.355 e. The number of nitrogens with one attached hydrogen (secondary N) is 2. The van der Waals surface area contributed by atoms with E-state index in [1.165, 1.54) is 16.7 Å². The third-order valence-corrected chi connectivity index (χ3v) is 6.71. The number of rotatable bonds is 8. The van der Waals surface area contributed by atoms with Gasteiger partial charge in [0.2, 0.25) is 0 Å². The zero-order valence-electron chi connectivity index (χ0n) is 19.5. The van der Waals surface area contributed by atoms with Crippen LogP contribution in [0.2, 0.25) is 0 Å². The van der Waals surface area contributed by atoms with Crippen molar-refractivity contribution in [1.29, 1.82) is 0 Å². The number of pyridine rings is 1. The lowest BCUT2D eigenvalue weighted by molar-refractivity contribution is 0.102. The molecular weight excluding hydrogens is 459 g/mol. The molecule has 11 heteroatoms. The first-order chi connectivity index (χ1) is 16.9. The fourth-order valence-corrected chi connectivity index (χ4v) is 4.74. The third-order valence-electron chi connectivity index (χ3n) is 6.71. The summed E-state index contributed by atoms with van der Waals surface area (Å²) in [5.41, 5.74) is 2.15. The van der Waals surface area contributed by atoms with Gasteiger partial charge < -0.3 is 19.9 Å². The highest BCUT2D eigenvalue weighted by Gasteiger charge is 2.31. The normalized spacial score (nSPS) is 18.4. The zero-order chi connectivity index (χ0) is 24.5. The molecule has 1 aliphatic carbocycles. The number of carbonyl (C=O) groups excluding carboxylic acids is 1. The van der Waals surface area contributed by atoms with Crippen molar-refractivity contribution in [3.63, 3.8) is 0 Å². The maximum atomic E-state index is 14.4. The number of imidazole rings is 1. The second kappa shape index (κ2) is 9.80. The molecule has 2 aliphatic rings. The van der Waals surface area contributed by atoms with Crippen LogP contribution in [-0.2, 0) is 0 Å². The molecule has 0 aromatic carbocycles. The van der Waals surface area contributed by atoms with E-state index in [0.29, 0.717) is 24.5 Å². The molecule has 0 radical (unpaired) electrons. The van der Waals surface area contributed by atoms with Gasteiger partial charge in [0.25, 0.3) is 12.3 Å². The zero-order valence-corrected chi connectivity index (χ0v) is 19.5. The lowest BCUT2D eigenvalue weighted by Gasteiger charge is -2.29. The molecule has 1 saturated carbocycles. The number of halogens is 3. The van der Waals surface area contributed by atoms with Crippen LogP contribution in [0, 0.1) is 18.7 Å². The maximum absolute atomic E-state index is 14.4. The standard InChI is InChI=1S/C24H28F3N7O/c1-14-11-34-13-17(7-18(25)22(34)30-14)31-24(35)19-9-29-23(21(32-19)16-3-2-4-16)33-6-5-15(12-33)8-28-10-20(26)27/h7,9,11,13,15-16,20,28H,2-6,8,10,12H2,1H3,(H,31,35)/t15-/m0/s1. The summed E-state index contributed by atoms with van der Waals surface area (Å²) in [5.74, 6) is 0.271. The molecule has 0 spiro atoms. The minimum absolute atomic E-state index is 0.173. The van der Waals surface area contributed by atoms with E-state index in [0.717, 1.165) is 43.7 Å². The highest BCUT2D eigenvalue weighted by molar-refractivity contribution is 6.02. The van der Waals surface area contributed by atoms with Crippen molar-refractivity contribution in [2.45, 2.75) is 45.0 Å². The second-order valence-corrected chi connectivity index (χ2v) is 9.39. The second-order valence-electron chi connectivity index (χ2n) is 9.39. The van der Waals surface area contributed by atoms with Crippen LogP contribution < -0.4 is 15.5 Å². The van der Waals surface area contributed by atoms with Crippen molar-refractivity contribution in [3.05, 3.63) is 47.6 Å². The minimum atomic E-state index is -2.36. The first-order valence-corrected chi connectivity index (χ1v) is 11.9. The van der Waals surface area contributed by atoms with Gasteiger partial charge in [0.05, 0.1) is 29.8 Å². The summed E-state index contributed by atoms with van der Waals surface area (Å²) in [7, 11) is 0. The van der Waals surface area contributed by atoms with Gasteiger partial charge in [-0.3, -0.25) is 4.79 Å². The molecule has 0 bridgehead atoms. The third kappa shape index (κ3) is 5.09. The van der Waals surface area contributed by atoms with Gasteiger partial charge in [-0.05, 0) is 38.6 Å². The predicted molar refractivity (Wildman–Crippen MR) is 126 cm³/mol. The molecule has 3 aromatic heterocycles. The van der Waals surface area contributed by atoms with Gasteiger partial charge in [-0.15, -0.1) is 0 Å². The van der Waals surface area contributed by atoms with Crippen molar-refractivity contribution < 1.29 is 18.0 Å². The average molecular weight is 488 g/mol. The molecule has 2 fully saturated rings. The van der Waals surface area contributed by atoms with Gasteiger partial charge in [0.15, 0.2) is 17.3 Å². The van der Waals surface area contributed by atoms with Crippen LogP contribution in [-0.4, -0.2) is 57.9 Å². The highest BCUT2D eigenvalue weighted by Crippen LogP contribution is 2.40. The lowest BCUT2D eigenvalue weighted by Crippen LogP contribution is -2.30. The Morgan fingerprint density at radius 2 is 2.06 bits per heavy atom. The van der Waals surface area contributed by atoms with E-state index in [1.54, 1.807) is 19.3 Å². The summed E-state index contributed by atoms with van der Waals surface area (Å²) in [4.78, 5) is 28.5. The van der Waals surface area contributed by atoms with E-state index >= 15 is 0 Å². The van der Waals surface area contributed by atoms with Gasteiger partial charge in [0, 0.05) is 37.5 Å². The molecule has 8 nitrogen and oxygen atoms in total. The van der Waals surface area contributed by atoms with Gasteiger partial charge in [0.1, 0.15) is 5.69 Å². The van der Waals surface area contributed by atoms with Gasteiger partial charge in [-0.2, -0.15) is 0 Å². The van der Waals surface area contributed by atoms with E-state index < -0.39 is 18.1 Å². The smallest absolute Gasteiger partial charge is 0.275 e. The average Bonchev–Trinajstić information content (AvgIpc) is 3.38. The maximum Gasteiger partial charge on any atom is 0.275 e. The molecule has 5 rings (SSSR count). The Hall–Kier alpha value is -3.21. The monoisotopic (exact) mass is 487 g/mol. The Labute approximate surface area is 201 Å². The molecule has 4 heterocycles. The predicted octanol–water partition coefficient (Wildman–Crippen LogP) is 3.77. The SMILES string of the molecule is Cc1cn2cc(NC(=O)c3cnc(N4CC[C@@H](CNCC(F)F)C4)c(C4CCC4)n3)cc(F)c2n1. The first kappa shape index (κ1) is 23.5. The summed E-state index contributed by atoms with van der Waals surface area (Å²) in [6, 6.07) is 1.24. The molecule has 1 atom stereocenters. The number of alkyl halides is 2.